The van der Waals surface area contributed by atoms with Gasteiger partial charge in [-0.15, -0.1) is 0 Å². The number of nitrogens with one attached hydrogen (secondary N) is 1. The summed E-state index contributed by atoms with van der Waals surface area (Å²) in [5.41, 5.74) is 4.06. The van der Waals surface area contributed by atoms with Crippen LogP contribution in [0.25, 0.3) is 0 Å². The van der Waals surface area contributed by atoms with Gasteiger partial charge in [0.05, 0.1) is 18.6 Å². The number of hydrogen-bond acceptors (Lipinski definition) is 4. The number of rotatable bonds is 7. The van der Waals surface area contributed by atoms with E-state index < -0.39 is 0 Å². The molecule has 0 radical (unpaired) electrons. The molecular formula is C29H36BrN3O3. The van der Waals surface area contributed by atoms with Crippen LogP contribution in [0.1, 0.15) is 45.9 Å². The molecule has 3 aliphatic heterocycles. The number of nitrogens with zero attached hydrogens (tertiary/aromatic N) is 2. The summed E-state index contributed by atoms with van der Waals surface area (Å²) in [6.07, 6.45) is 1.68. The highest BCUT2D eigenvalue weighted by molar-refractivity contribution is 9.10. The van der Waals surface area contributed by atoms with Crippen LogP contribution in [0.5, 0.6) is 0 Å². The summed E-state index contributed by atoms with van der Waals surface area (Å²) in [6, 6.07) is 14.3. The Kier molecular flexibility index (Phi) is 7.79. The number of likely N-dealkylation sites (tertiary alicyclic amines) is 2. The Morgan fingerprint density at radius 2 is 1.78 bits per heavy atom. The van der Waals surface area contributed by atoms with Gasteiger partial charge in [0.25, 0.3) is 5.91 Å². The van der Waals surface area contributed by atoms with Crippen LogP contribution in [0.4, 0.5) is 0 Å². The van der Waals surface area contributed by atoms with Crippen LogP contribution in [0.2, 0.25) is 0 Å². The van der Waals surface area contributed by atoms with Gasteiger partial charge in [0.1, 0.15) is 0 Å². The van der Waals surface area contributed by atoms with Crippen molar-refractivity contribution in [3.8, 4) is 0 Å². The highest BCUT2D eigenvalue weighted by Crippen LogP contribution is 2.34. The Morgan fingerprint density at radius 3 is 2.44 bits per heavy atom. The first kappa shape index (κ1) is 25.4. The molecule has 0 aliphatic carbocycles. The Hall–Kier alpha value is -2.22. The van der Waals surface area contributed by atoms with Crippen LogP contribution < -0.4 is 5.32 Å². The molecular weight excluding hydrogens is 518 g/mol. The molecule has 0 saturated carbocycles. The summed E-state index contributed by atoms with van der Waals surface area (Å²) >= 11 is 3.58. The number of carbonyl (C=O) groups is 2. The van der Waals surface area contributed by atoms with Crippen molar-refractivity contribution in [2.24, 2.45) is 17.8 Å². The third kappa shape index (κ3) is 5.38. The van der Waals surface area contributed by atoms with Gasteiger partial charge in [-0.1, -0.05) is 52.3 Å². The van der Waals surface area contributed by atoms with Gasteiger partial charge in [-0.25, -0.2) is 0 Å². The normalized spacial score (nSPS) is 24.6. The van der Waals surface area contributed by atoms with E-state index in [1.54, 1.807) is 0 Å². The molecule has 0 aromatic heterocycles. The molecule has 192 valence electrons. The van der Waals surface area contributed by atoms with Crippen molar-refractivity contribution in [2.75, 3.05) is 45.9 Å². The van der Waals surface area contributed by atoms with E-state index in [0.717, 1.165) is 72.3 Å². The first-order valence-corrected chi connectivity index (χ1v) is 13.9. The molecule has 2 aromatic rings. The Morgan fingerprint density at radius 1 is 1.06 bits per heavy atom. The van der Waals surface area contributed by atoms with Crippen LogP contribution >= 0.6 is 15.9 Å². The standard InChI is InChI=1S/C29H36BrN3O3/c1-19-8-9-25(30)20(2)27(19)29(35)33-16-23-14-32(15-24(23)17-33)12-10-26(21-6-4-3-5-7-21)31-28(34)22-11-13-36-18-22/h3-9,22-24,26H,10-18H2,1-2H3,(H,31,34)/t22?,23-,24?,26?/m0/s1. The molecule has 6 nitrogen and oxygen atoms in total. The SMILES string of the molecule is Cc1ccc(Br)c(C)c1C(=O)N1CC2CN(CCC(NC(=O)C3CCOC3)c3ccccc3)C[C@H]2C1. The van der Waals surface area contributed by atoms with E-state index in [9.17, 15) is 9.59 Å². The number of halogens is 1. The topological polar surface area (TPSA) is 61.9 Å². The minimum absolute atomic E-state index is 0.000273. The van der Waals surface area contributed by atoms with Crippen molar-refractivity contribution in [2.45, 2.75) is 32.7 Å². The lowest BCUT2D eigenvalue weighted by atomic mass is 10.0. The van der Waals surface area contributed by atoms with Gasteiger partial charge in [-0.2, -0.15) is 0 Å². The second-order valence-electron chi connectivity index (χ2n) is 10.7. The third-order valence-corrected chi connectivity index (χ3v) is 9.08. The van der Waals surface area contributed by atoms with E-state index in [1.165, 1.54) is 0 Å². The molecule has 2 amide bonds. The number of carbonyl (C=O) groups excluding carboxylic acids is 2. The molecule has 1 N–H and O–H groups in total. The zero-order valence-corrected chi connectivity index (χ0v) is 22.8. The van der Waals surface area contributed by atoms with E-state index >= 15 is 0 Å². The van der Waals surface area contributed by atoms with Gasteiger partial charge >= 0.3 is 0 Å². The van der Waals surface area contributed by atoms with E-state index in [4.69, 9.17) is 4.74 Å². The van der Waals surface area contributed by atoms with Crippen molar-refractivity contribution in [3.05, 3.63) is 69.2 Å². The fourth-order valence-electron chi connectivity index (χ4n) is 6.10. The van der Waals surface area contributed by atoms with Gasteiger partial charge in [0.15, 0.2) is 0 Å². The van der Waals surface area contributed by atoms with Gasteiger partial charge in [0, 0.05) is 49.4 Å². The summed E-state index contributed by atoms with van der Waals surface area (Å²) < 4.78 is 6.41. The fourth-order valence-corrected chi connectivity index (χ4v) is 6.43. The lowest BCUT2D eigenvalue weighted by Gasteiger charge is -2.26. The summed E-state index contributed by atoms with van der Waals surface area (Å²) in [4.78, 5) is 30.8. The average molecular weight is 555 g/mol. The number of aryl methyl sites for hydroxylation is 1. The van der Waals surface area contributed by atoms with Crippen LogP contribution in [-0.4, -0.2) is 67.6 Å². The average Bonchev–Trinajstić information content (AvgIpc) is 3.62. The quantitative estimate of drug-likeness (QED) is 0.553. The van der Waals surface area contributed by atoms with E-state index in [2.05, 4.69) is 43.2 Å². The third-order valence-electron chi connectivity index (χ3n) is 8.22. The fraction of sp³-hybridized carbons (Fsp3) is 0.517. The molecule has 0 bridgehead atoms. The minimum atomic E-state index is -0.0385. The van der Waals surface area contributed by atoms with Crippen molar-refractivity contribution < 1.29 is 14.3 Å². The Bertz CT molecular complexity index is 1090. The maximum Gasteiger partial charge on any atom is 0.254 e. The van der Waals surface area contributed by atoms with E-state index in [-0.39, 0.29) is 23.8 Å². The lowest BCUT2D eigenvalue weighted by Crippen LogP contribution is -2.37. The molecule has 7 heteroatoms. The molecule has 3 saturated heterocycles. The first-order valence-electron chi connectivity index (χ1n) is 13.1. The Balaban J connectivity index is 1.17. The van der Waals surface area contributed by atoms with E-state index in [1.807, 2.05) is 44.2 Å². The van der Waals surface area contributed by atoms with Crippen molar-refractivity contribution in [1.29, 1.82) is 0 Å². The van der Waals surface area contributed by atoms with Gasteiger partial charge in [0.2, 0.25) is 5.91 Å². The minimum Gasteiger partial charge on any atom is -0.381 e. The Labute approximate surface area is 222 Å². The highest BCUT2D eigenvalue weighted by atomic mass is 79.9. The zero-order chi connectivity index (χ0) is 25.2. The van der Waals surface area contributed by atoms with Crippen molar-refractivity contribution in [1.82, 2.24) is 15.1 Å². The molecule has 3 unspecified atom stereocenters. The van der Waals surface area contributed by atoms with E-state index in [0.29, 0.717) is 25.0 Å². The number of benzene rings is 2. The van der Waals surface area contributed by atoms with Gasteiger partial charge in [-0.05, 0) is 61.3 Å². The molecule has 0 spiro atoms. The molecule has 4 atom stereocenters. The van der Waals surface area contributed by atoms with Gasteiger partial charge < -0.3 is 19.9 Å². The van der Waals surface area contributed by atoms with Crippen LogP contribution in [-0.2, 0) is 9.53 Å². The number of ether oxygens (including phenoxy) is 1. The number of amides is 2. The largest absolute Gasteiger partial charge is 0.381 e. The first-order chi connectivity index (χ1) is 17.4. The summed E-state index contributed by atoms with van der Waals surface area (Å²) in [6.45, 7) is 9.84. The molecule has 36 heavy (non-hydrogen) atoms. The smallest absolute Gasteiger partial charge is 0.254 e. The predicted molar refractivity (Wildman–Crippen MR) is 144 cm³/mol. The van der Waals surface area contributed by atoms with Gasteiger partial charge in [-0.3, -0.25) is 9.59 Å². The molecule has 3 heterocycles. The predicted octanol–water partition coefficient (Wildman–Crippen LogP) is 4.35. The monoisotopic (exact) mass is 553 g/mol. The summed E-state index contributed by atoms with van der Waals surface area (Å²) in [7, 11) is 0. The zero-order valence-electron chi connectivity index (χ0n) is 21.2. The highest BCUT2D eigenvalue weighted by Gasteiger charge is 2.42. The summed E-state index contributed by atoms with van der Waals surface area (Å²) in [5, 5.41) is 3.30. The lowest BCUT2D eigenvalue weighted by molar-refractivity contribution is -0.125. The second kappa shape index (κ2) is 11.0. The molecule has 3 aliphatic rings. The van der Waals surface area contributed by atoms with Crippen LogP contribution in [0.15, 0.2) is 46.9 Å². The number of fused-ring (bicyclic) bond motifs is 1. The van der Waals surface area contributed by atoms with Crippen LogP contribution in [0.3, 0.4) is 0 Å². The van der Waals surface area contributed by atoms with Crippen molar-refractivity contribution >= 4 is 27.7 Å². The van der Waals surface area contributed by atoms with Crippen LogP contribution in [0, 0.1) is 31.6 Å². The molecule has 5 rings (SSSR count). The maximum absolute atomic E-state index is 13.4. The molecule has 3 fully saturated rings. The van der Waals surface area contributed by atoms with Crippen molar-refractivity contribution in [3.63, 3.8) is 0 Å². The number of hydrogen-bond donors (Lipinski definition) is 1. The second-order valence-corrected chi connectivity index (χ2v) is 11.5. The maximum atomic E-state index is 13.4. The molecule has 2 aromatic carbocycles. The summed E-state index contributed by atoms with van der Waals surface area (Å²) in [5.74, 6) is 1.26.